The number of hydrogen-bond donors (Lipinski definition) is 1. The summed E-state index contributed by atoms with van der Waals surface area (Å²) in [6, 6.07) is 8.30. The van der Waals surface area contributed by atoms with Gasteiger partial charge in [-0.05, 0) is 43.4 Å². The summed E-state index contributed by atoms with van der Waals surface area (Å²) in [4.78, 5) is 14.1. The van der Waals surface area contributed by atoms with E-state index in [4.69, 9.17) is 10.5 Å². The summed E-state index contributed by atoms with van der Waals surface area (Å²) in [7, 11) is 1.66. The molecule has 5 heteroatoms. The Balaban J connectivity index is 0.00000220. The van der Waals surface area contributed by atoms with Crippen molar-refractivity contribution in [3.05, 3.63) is 29.8 Å². The highest BCUT2D eigenvalue weighted by molar-refractivity contribution is 5.85. The second-order valence-electron chi connectivity index (χ2n) is 5.32. The molecule has 1 aliphatic heterocycles. The average Bonchev–Trinajstić information content (AvgIpc) is 2.96. The lowest BCUT2D eigenvalue weighted by Gasteiger charge is -2.23. The summed E-state index contributed by atoms with van der Waals surface area (Å²) in [6.07, 6.45) is 4.57. The Morgan fingerprint density at radius 1 is 1.38 bits per heavy atom. The second-order valence-corrected chi connectivity index (χ2v) is 5.32. The first-order valence-corrected chi connectivity index (χ1v) is 7.37. The Hall–Kier alpha value is -1.26. The Morgan fingerprint density at radius 3 is 2.71 bits per heavy atom. The molecule has 1 saturated heterocycles. The molecule has 1 aliphatic rings. The zero-order valence-corrected chi connectivity index (χ0v) is 13.4. The molecule has 0 aliphatic carbocycles. The van der Waals surface area contributed by atoms with Crippen molar-refractivity contribution in [2.45, 2.75) is 38.1 Å². The van der Waals surface area contributed by atoms with Crippen molar-refractivity contribution in [1.29, 1.82) is 0 Å². The number of carbonyl (C=O) groups excluding carboxylic acids is 1. The third-order valence-corrected chi connectivity index (χ3v) is 3.98. The van der Waals surface area contributed by atoms with Gasteiger partial charge in [-0.2, -0.15) is 0 Å². The van der Waals surface area contributed by atoms with Gasteiger partial charge in [-0.15, -0.1) is 12.4 Å². The van der Waals surface area contributed by atoms with Crippen molar-refractivity contribution in [1.82, 2.24) is 4.90 Å². The molecule has 1 amide bonds. The maximum atomic E-state index is 12.2. The highest BCUT2D eigenvalue weighted by Gasteiger charge is 2.26. The monoisotopic (exact) mass is 312 g/mol. The van der Waals surface area contributed by atoms with Crippen molar-refractivity contribution >= 4 is 18.3 Å². The molecule has 0 spiro atoms. The van der Waals surface area contributed by atoms with Gasteiger partial charge in [0.15, 0.2) is 0 Å². The van der Waals surface area contributed by atoms with Gasteiger partial charge in [0, 0.05) is 25.6 Å². The van der Waals surface area contributed by atoms with E-state index >= 15 is 0 Å². The normalized spacial score (nSPS) is 17.4. The van der Waals surface area contributed by atoms with E-state index in [1.165, 1.54) is 5.56 Å². The lowest BCUT2D eigenvalue weighted by Crippen LogP contribution is -2.39. The number of nitrogens with two attached hydrogens (primary N) is 1. The topological polar surface area (TPSA) is 55.6 Å². The zero-order chi connectivity index (χ0) is 14.4. The largest absolute Gasteiger partial charge is 0.497 e. The number of hydrogen-bond acceptors (Lipinski definition) is 3. The average molecular weight is 313 g/mol. The van der Waals surface area contributed by atoms with Crippen LogP contribution in [0.25, 0.3) is 0 Å². The maximum Gasteiger partial charge on any atom is 0.222 e. The minimum atomic E-state index is 0. The highest BCUT2D eigenvalue weighted by Crippen LogP contribution is 2.18. The van der Waals surface area contributed by atoms with Crippen molar-refractivity contribution in [2.75, 3.05) is 20.2 Å². The first-order valence-electron chi connectivity index (χ1n) is 7.37. The van der Waals surface area contributed by atoms with Crippen LogP contribution in [0.4, 0.5) is 0 Å². The van der Waals surface area contributed by atoms with Gasteiger partial charge in [0.25, 0.3) is 0 Å². The first kappa shape index (κ1) is 17.8. The Morgan fingerprint density at radius 2 is 2.10 bits per heavy atom. The predicted molar refractivity (Wildman–Crippen MR) is 87.0 cm³/mol. The number of likely N-dealkylation sites (tertiary alicyclic amines) is 1. The molecule has 1 aromatic rings. The van der Waals surface area contributed by atoms with Gasteiger partial charge in [0.05, 0.1) is 7.11 Å². The van der Waals surface area contributed by atoms with Gasteiger partial charge in [0.1, 0.15) is 5.75 Å². The summed E-state index contributed by atoms with van der Waals surface area (Å²) in [6.45, 7) is 1.47. The Bertz CT molecular complexity index is 436. The van der Waals surface area contributed by atoms with E-state index in [9.17, 15) is 4.79 Å². The van der Waals surface area contributed by atoms with E-state index in [0.717, 1.165) is 38.0 Å². The quantitative estimate of drug-likeness (QED) is 0.877. The fourth-order valence-corrected chi connectivity index (χ4v) is 2.79. The summed E-state index contributed by atoms with van der Waals surface area (Å²) in [5.74, 6) is 1.12. The summed E-state index contributed by atoms with van der Waals surface area (Å²) in [5, 5.41) is 0. The molecule has 4 nitrogen and oxygen atoms in total. The second kappa shape index (κ2) is 8.90. The van der Waals surface area contributed by atoms with Crippen molar-refractivity contribution < 1.29 is 9.53 Å². The Kier molecular flexibility index (Phi) is 7.54. The van der Waals surface area contributed by atoms with E-state index in [2.05, 4.69) is 12.1 Å². The molecular formula is C16H25ClN2O2. The minimum absolute atomic E-state index is 0. The molecule has 1 heterocycles. The van der Waals surface area contributed by atoms with Gasteiger partial charge in [0.2, 0.25) is 5.91 Å². The maximum absolute atomic E-state index is 12.2. The standard InChI is InChI=1S/C16H24N2O2.ClH/c1-20-15-9-7-13(8-10-15)4-2-6-16(19)18-11-3-5-14(18)12-17;/h7-10,14H,2-6,11-12,17H2,1H3;1H. The van der Waals surface area contributed by atoms with Gasteiger partial charge in [-0.1, -0.05) is 12.1 Å². The van der Waals surface area contributed by atoms with Crippen LogP contribution in [0.1, 0.15) is 31.2 Å². The number of halogens is 1. The van der Waals surface area contributed by atoms with Crippen LogP contribution in [0, 0.1) is 0 Å². The minimum Gasteiger partial charge on any atom is -0.497 e. The number of benzene rings is 1. The number of rotatable bonds is 6. The van der Waals surface area contributed by atoms with Crippen LogP contribution in [-0.4, -0.2) is 37.0 Å². The molecule has 0 saturated carbocycles. The number of methoxy groups -OCH3 is 1. The molecule has 0 bridgehead atoms. The number of amides is 1. The van der Waals surface area contributed by atoms with E-state index in [1.807, 2.05) is 17.0 Å². The van der Waals surface area contributed by atoms with E-state index in [-0.39, 0.29) is 24.4 Å². The van der Waals surface area contributed by atoms with Crippen LogP contribution in [0.5, 0.6) is 5.75 Å². The third kappa shape index (κ3) is 4.90. The molecule has 21 heavy (non-hydrogen) atoms. The van der Waals surface area contributed by atoms with Crippen LogP contribution < -0.4 is 10.5 Å². The van der Waals surface area contributed by atoms with Crippen LogP contribution in [-0.2, 0) is 11.2 Å². The van der Waals surface area contributed by atoms with Crippen molar-refractivity contribution in [3.63, 3.8) is 0 Å². The molecule has 1 aromatic carbocycles. The van der Waals surface area contributed by atoms with Crippen LogP contribution in [0.15, 0.2) is 24.3 Å². The summed E-state index contributed by atoms with van der Waals surface area (Å²) >= 11 is 0. The smallest absolute Gasteiger partial charge is 0.222 e. The lowest BCUT2D eigenvalue weighted by atomic mass is 10.1. The Labute approximate surface area is 133 Å². The number of ether oxygens (including phenoxy) is 1. The van der Waals surface area contributed by atoms with Crippen molar-refractivity contribution in [3.8, 4) is 5.75 Å². The predicted octanol–water partition coefficient (Wildman–Crippen LogP) is 2.39. The van der Waals surface area contributed by atoms with Gasteiger partial charge < -0.3 is 15.4 Å². The zero-order valence-electron chi connectivity index (χ0n) is 12.6. The van der Waals surface area contributed by atoms with Crippen LogP contribution in [0.2, 0.25) is 0 Å². The van der Waals surface area contributed by atoms with Gasteiger partial charge >= 0.3 is 0 Å². The van der Waals surface area contributed by atoms with Gasteiger partial charge in [-0.25, -0.2) is 0 Å². The molecule has 1 unspecified atom stereocenters. The molecule has 1 fully saturated rings. The molecule has 1 atom stereocenters. The fraction of sp³-hybridized carbons (Fsp3) is 0.562. The first-order chi connectivity index (χ1) is 9.74. The molecule has 0 aromatic heterocycles. The molecule has 2 N–H and O–H groups in total. The lowest BCUT2D eigenvalue weighted by molar-refractivity contribution is -0.131. The fourth-order valence-electron chi connectivity index (χ4n) is 2.79. The van der Waals surface area contributed by atoms with E-state index < -0.39 is 0 Å². The number of aryl methyl sites for hydroxylation is 1. The van der Waals surface area contributed by atoms with E-state index in [1.54, 1.807) is 7.11 Å². The molecule has 0 radical (unpaired) electrons. The SMILES string of the molecule is COc1ccc(CCCC(=O)N2CCCC2CN)cc1.Cl. The van der Waals surface area contributed by atoms with Crippen molar-refractivity contribution in [2.24, 2.45) is 5.73 Å². The van der Waals surface area contributed by atoms with E-state index in [0.29, 0.717) is 13.0 Å². The number of carbonyl (C=O) groups is 1. The van der Waals surface area contributed by atoms with Gasteiger partial charge in [-0.3, -0.25) is 4.79 Å². The summed E-state index contributed by atoms with van der Waals surface area (Å²) < 4.78 is 5.13. The highest BCUT2D eigenvalue weighted by atomic mass is 35.5. The summed E-state index contributed by atoms with van der Waals surface area (Å²) in [5.41, 5.74) is 6.95. The van der Waals surface area contributed by atoms with Crippen LogP contribution in [0.3, 0.4) is 0 Å². The molecule has 118 valence electrons. The van der Waals surface area contributed by atoms with Crippen LogP contribution >= 0.6 is 12.4 Å². The molecule has 2 rings (SSSR count). The third-order valence-electron chi connectivity index (χ3n) is 3.98. The molecular weight excluding hydrogens is 288 g/mol. The number of nitrogens with zero attached hydrogens (tertiary/aromatic N) is 1.